The van der Waals surface area contributed by atoms with Crippen molar-refractivity contribution < 1.29 is 0 Å². The highest BCUT2D eigenvalue weighted by Crippen LogP contribution is 2.25. The molecule has 0 radical (unpaired) electrons. The van der Waals surface area contributed by atoms with E-state index in [9.17, 15) is 0 Å². The van der Waals surface area contributed by atoms with E-state index >= 15 is 0 Å². The normalized spacial score (nSPS) is 13.3. The van der Waals surface area contributed by atoms with Crippen LogP contribution in [0.3, 0.4) is 0 Å². The molecule has 0 aliphatic heterocycles. The topological polar surface area (TPSA) is 29.9 Å². The second kappa shape index (κ2) is 7.15. The molecule has 4 heteroatoms. The lowest BCUT2D eigenvalue weighted by molar-refractivity contribution is 0.385. The zero-order valence-corrected chi connectivity index (χ0v) is 13.0. The molecule has 18 heavy (non-hydrogen) atoms. The van der Waals surface area contributed by atoms with Crippen molar-refractivity contribution in [3.63, 3.8) is 0 Å². The van der Waals surface area contributed by atoms with Gasteiger partial charge < -0.3 is 5.32 Å². The number of rotatable bonds is 7. The van der Waals surface area contributed by atoms with Crippen LogP contribution < -0.4 is 5.32 Å². The third kappa shape index (κ3) is 3.99. The molecular formula is C14H26ClN3. The average Bonchev–Trinajstić information content (AvgIpc) is 2.56. The minimum Gasteiger partial charge on any atom is -0.319 e. The van der Waals surface area contributed by atoms with Crippen molar-refractivity contribution in [1.29, 1.82) is 0 Å². The Kier molecular flexibility index (Phi) is 6.16. The van der Waals surface area contributed by atoms with Gasteiger partial charge in [-0.25, -0.2) is 0 Å². The van der Waals surface area contributed by atoms with Gasteiger partial charge in [0.1, 0.15) is 0 Å². The summed E-state index contributed by atoms with van der Waals surface area (Å²) in [5, 5.41) is 8.62. The van der Waals surface area contributed by atoms with Crippen LogP contribution in [0, 0.1) is 18.8 Å². The van der Waals surface area contributed by atoms with Crippen LogP contribution in [0.15, 0.2) is 0 Å². The fraction of sp³-hybridized carbons (Fsp3) is 0.786. The number of aryl methyl sites for hydroxylation is 2. The van der Waals surface area contributed by atoms with Crippen LogP contribution in [0.2, 0.25) is 5.02 Å². The van der Waals surface area contributed by atoms with Gasteiger partial charge in [-0.2, -0.15) is 5.10 Å². The molecule has 1 aromatic heterocycles. The fourth-order valence-electron chi connectivity index (χ4n) is 2.53. The first-order valence-electron chi connectivity index (χ1n) is 6.85. The largest absolute Gasteiger partial charge is 0.319 e. The summed E-state index contributed by atoms with van der Waals surface area (Å²) in [5.41, 5.74) is 2.14. The van der Waals surface area contributed by atoms with Crippen molar-refractivity contribution in [1.82, 2.24) is 15.1 Å². The van der Waals surface area contributed by atoms with Gasteiger partial charge in [0.25, 0.3) is 0 Å². The summed E-state index contributed by atoms with van der Waals surface area (Å²) < 4.78 is 2.04. The van der Waals surface area contributed by atoms with Crippen LogP contribution in [0.25, 0.3) is 0 Å². The first-order chi connectivity index (χ1) is 8.49. The molecule has 0 amide bonds. The standard InChI is InChI=1S/C14H26ClN3/c1-6-18-13(14(15)11(4)17-18)8-12(9-16-5)7-10(2)3/h10,12,16H,6-9H2,1-5H3. The van der Waals surface area contributed by atoms with Gasteiger partial charge in [0.05, 0.1) is 16.4 Å². The third-order valence-electron chi connectivity index (χ3n) is 3.23. The van der Waals surface area contributed by atoms with E-state index in [1.54, 1.807) is 0 Å². The van der Waals surface area contributed by atoms with E-state index in [4.69, 9.17) is 11.6 Å². The predicted molar refractivity (Wildman–Crippen MR) is 78.2 cm³/mol. The molecule has 104 valence electrons. The Balaban J connectivity index is 2.85. The Morgan fingerprint density at radius 2 is 2.06 bits per heavy atom. The number of aromatic nitrogens is 2. The van der Waals surface area contributed by atoms with Gasteiger partial charge in [-0.3, -0.25) is 4.68 Å². The maximum Gasteiger partial charge on any atom is 0.0847 e. The maximum absolute atomic E-state index is 6.37. The van der Waals surface area contributed by atoms with Gasteiger partial charge in [-0.05, 0) is 52.1 Å². The summed E-state index contributed by atoms with van der Waals surface area (Å²) in [6.07, 6.45) is 2.22. The van der Waals surface area contributed by atoms with Crippen molar-refractivity contribution in [2.24, 2.45) is 11.8 Å². The van der Waals surface area contributed by atoms with E-state index in [1.165, 1.54) is 12.1 Å². The Morgan fingerprint density at radius 3 is 2.56 bits per heavy atom. The van der Waals surface area contributed by atoms with Gasteiger partial charge in [0.2, 0.25) is 0 Å². The fourth-order valence-corrected chi connectivity index (χ4v) is 2.74. The summed E-state index contributed by atoms with van der Waals surface area (Å²) in [6, 6.07) is 0. The molecule has 1 aromatic rings. The Bertz CT molecular complexity index is 371. The van der Waals surface area contributed by atoms with E-state index in [2.05, 4.69) is 31.2 Å². The summed E-state index contributed by atoms with van der Waals surface area (Å²) in [6.45, 7) is 10.5. The van der Waals surface area contributed by atoms with Crippen molar-refractivity contribution in [3.05, 3.63) is 16.4 Å². The van der Waals surface area contributed by atoms with E-state index < -0.39 is 0 Å². The first-order valence-corrected chi connectivity index (χ1v) is 7.23. The van der Waals surface area contributed by atoms with Gasteiger partial charge in [-0.15, -0.1) is 0 Å². The minimum atomic E-state index is 0.619. The summed E-state index contributed by atoms with van der Waals surface area (Å²) in [4.78, 5) is 0. The lowest BCUT2D eigenvalue weighted by Crippen LogP contribution is -2.23. The number of hydrogen-bond acceptors (Lipinski definition) is 2. The summed E-state index contributed by atoms with van der Waals surface area (Å²) in [7, 11) is 2.01. The molecule has 1 rings (SSSR count). The molecule has 0 aliphatic carbocycles. The van der Waals surface area contributed by atoms with Crippen molar-refractivity contribution >= 4 is 11.6 Å². The molecule has 0 bridgehead atoms. The molecular weight excluding hydrogens is 246 g/mol. The molecule has 1 heterocycles. The SMILES string of the molecule is CCn1nc(C)c(Cl)c1CC(CNC)CC(C)C. The molecule has 0 fully saturated rings. The van der Waals surface area contributed by atoms with E-state index in [0.717, 1.165) is 30.2 Å². The molecule has 1 unspecified atom stereocenters. The number of nitrogens with zero attached hydrogens (tertiary/aromatic N) is 2. The highest BCUT2D eigenvalue weighted by Gasteiger charge is 2.18. The van der Waals surface area contributed by atoms with Crippen LogP contribution >= 0.6 is 11.6 Å². The Hall–Kier alpha value is -0.540. The molecule has 0 saturated heterocycles. The second-order valence-corrected chi connectivity index (χ2v) is 5.80. The van der Waals surface area contributed by atoms with E-state index in [0.29, 0.717) is 11.8 Å². The van der Waals surface area contributed by atoms with Gasteiger partial charge >= 0.3 is 0 Å². The van der Waals surface area contributed by atoms with Gasteiger partial charge in [0, 0.05) is 6.54 Å². The lowest BCUT2D eigenvalue weighted by Gasteiger charge is -2.19. The second-order valence-electron chi connectivity index (χ2n) is 5.42. The highest BCUT2D eigenvalue weighted by atomic mass is 35.5. The Labute approximate surface area is 116 Å². The molecule has 0 spiro atoms. The van der Waals surface area contributed by atoms with Crippen LogP contribution in [0.4, 0.5) is 0 Å². The Morgan fingerprint density at radius 1 is 1.39 bits per heavy atom. The molecule has 3 nitrogen and oxygen atoms in total. The predicted octanol–water partition coefficient (Wildman–Crippen LogP) is 3.29. The van der Waals surface area contributed by atoms with Crippen molar-refractivity contribution in [3.8, 4) is 0 Å². The average molecular weight is 272 g/mol. The van der Waals surface area contributed by atoms with E-state index in [1.807, 2.05) is 18.7 Å². The number of nitrogens with one attached hydrogen (secondary N) is 1. The van der Waals surface area contributed by atoms with Crippen LogP contribution in [0.1, 0.15) is 38.6 Å². The minimum absolute atomic E-state index is 0.619. The molecule has 0 saturated carbocycles. The molecule has 1 N–H and O–H groups in total. The number of halogens is 1. The monoisotopic (exact) mass is 271 g/mol. The maximum atomic E-state index is 6.37. The molecule has 0 aliphatic rings. The molecule has 1 atom stereocenters. The van der Waals surface area contributed by atoms with Gasteiger partial charge in [0.15, 0.2) is 0 Å². The van der Waals surface area contributed by atoms with Crippen LogP contribution in [-0.4, -0.2) is 23.4 Å². The zero-order valence-electron chi connectivity index (χ0n) is 12.3. The molecule has 0 aromatic carbocycles. The highest BCUT2D eigenvalue weighted by molar-refractivity contribution is 6.31. The van der Waals surface area contributed by atoms with Crippen LogP contribution in [0.5, 0.6) is 0 Å². The van der Waals surface area contributed by atoms with Crippen molar-refractivity contribution in [2.45, 2.75) is 47.1 Å². The van der Waals surface area contributed by atoms with Crippen molar-refractivity contribution in [2.75, 3.05) is 13.6 Å². The van der Waals surface area contributed by atoms with E-state index in [-0.39, 0.29) is 0 Å². The smallest absolute Gasteiger partial charge is 0.0847 e. The summed E-state index contributed by atoms with van der Waals surface area (Å²) in [5.74, 6) is 1.33. The van der Waals surface area contributed by atoms with Crippen LogP contribution in [-0.2, 0) is 13.0 Å². The first kappa shape index (κ1) is 15.5. The lowest BCUT2D eigenvalue weighted by atomic mass is 9.92. The number of hydrogen-bond donors (Lipinski definition) is 1. The third-order valence-corrected chi connectivity index (χ3v) is 3.72. The summed E-state index contributed by atoms with van der Waals surface area (Å²) >= 11 is 6.37. The van der Waals surface area contributed by atoms with Gasteiger partial charge in [-0.1, -0.05) is 25.4 Å². The zero-order chi connectivity index (χ0) is 13.7. The quantitative estimate of drug-likeness (QED) is 0.825.